The summed E-state index contributed by atoms with van der Waals surface area (Å²) in [5.74, 6) is 1.24. The van der Waals surface area contributed by atoms with Gasteiger partial charge in [-0.15, -0.1) is 11.3 Å². The van der Waals surface area contributed by atoms with Gasteiger partial charge in [0.2, 0.25) is 0 Å². The monoisotopic (exact) mass is 239 g/mol. The highest BCUT2D eigenvalue weighted by Crippen LogP contribution is 2.65. The number of anilines is 1. The molecular formula is C12H21N3S. The molecule has 0 amide bonds. The van der Waals surface area contributed by atoms with Crippen molar-refractivity contribution in [2.45, 2.75) is 26.7 Å². The van der Waals surface area contributed by atoms with Crippen molar-refractivity contribution < 1.29 is 0 Å². The number of nitrogens with two attached hydrogens (primary N) is 1. The third-order valence-corrected chi connectivity index (χ3v) is 5.20. The lowest BCUT2D eigenvalue weighted by molar-refractivity contribution is 0.559. The van der Waals surface area contributed by atoms with Gasteiger partial charge in [-0.2, -0.15) is 0 Å². The fourth-order valence-corrected chi connectivity index (χ4v) is 3.93. The highest BCUT2D eigenvalue weighted by molar-refractivity contribution is 7.15. The zero-order chi connectivity index (χ0) is 12.1. The molecule has 1 heterocycles. The summed E-state index contributed by atoms with van der Waals surface area (Å²) in [4.78, 5) is 8.12. The number of nitrogens with zero attached hydrogens (tertiary/aromatic N) is 2. The van der Waals surface area contributed by atoms with Crippen molar-refractivity contribution in [1.82, 2.24) is 4.98 Å². The quantitative estimate of drug-likeness (QED) is 0.879. The Labute approximate surface area is 102 Å². The molecule has 2 unspecified atom stereocenters. The Morgan fingerprint density at radius 1 is 1.44 bits per heavy atom. The molecule has 4 heteroatoms. The van der Waals surface area contributed by atoms with Crippen LogP contribution >= 0.6 is 11.3 Å². The topological polar surface area (TPSA) is 42.2 Å². The summed E-state index contributed by atoms with van der Waals surface area (Å²) in [6.07, 6.45) is 0. The standard InChI is InChI=1S/C12H21N3S/c1-7-10(16-11(14-7)15(4)5)9-8(6-13)12(9,2)3/h8-9H,6,13H2,1-5H3. The maximum Gasteiger partial charge on any atom is 0.185 e. The summed E-state index contributed by atoms with van der Waals surface area (Å²) < 4.78 is 0. The van der Waals surface area contributed by atoms with Gasteiger partial charge in [0, 0.05) is 24.9 Å². The predicted molar refractivity (Wildman–Crippen MR) is 70.2 cm³/mol. The molecule has 90 valence electrons. The van der Waals surface area contributed by atoms with E-state index in [-0.39, 0.29) is 0 Å². The summed E-state index contributed by atoms with van der Waals surface area (Å²) in [7, 11) is 4.08. The van der Waals surface area contributed by atoms with Gasteiger partial charge in [0.15, 0.2) is 5.13 Å². The van der Waals surface area contributed by atoms with Gasteiger partial charge < -0.3 is 10.6 Å². The molecular weight excluding hydrogens is 218 g/mol. The largest absolute Gasteiger partial charge is 0.354 e. The highest BCUT2D eigenvalue weighted by atomic mass is 32.1. The van der Waals surface area contributed by atoms with Gasteiger partial charge in [0.1, 0.15) is 0 Å². The average molecular weight is 239 g/mol. The lowest BCUT2D eigenvalue weighted by Crippen LogP contribution is -2.07. The molecule has 1 fully saturated rings. The van der Waals surface area contributed by atoms with E-state index in [1.165, 1.54) is 10.6 Å². The van der Waals surface area contributed by atoms with Crippen molar-refractivity contribution in [2.24, 2.45) is 17.1 Å². The first-order valence-electron chi connectivity index (χ1n) is 5.74. The molecule has 3 nitrogen and oxygen atoms in total. The smallest absolute Gasteiger partial charge is 0.185 e. The fraction of sp³-hybridized carbons (Fsp3) is 0.750. The van der Waals surface area contributed by atoms with Crippen LogP contribution in [-0.2, 0) is 0 Å². The summed E-state index contributed by atoms with van der Waals surface area (Å²) >= 11 is 1.82. The van der Waals surface area contributed by atoms with Crippen molar-refractivity contribution >= 4 is 16.5 Å². The molecule has 16 heavy (non-hydrogen) atoms. The molecule has 2 rings (SSSR count). The van der Waals surface area contributed by atoms with Crippen molar-refractivity contribution in [3.63, 3.8) is 0 Å². The van der Waals surface area contributed by atoms with Gasteiger partial charge in [-0.1, -0.05) is 13.8 Å². The van der Waals surface area contributed by atoms with E-state index in [1.54, 1.807) is 0 Å². The molecule has 0 spiro atoms. The number of hydrogen-bond acceptors (Lipinski definition) is 4. The lowest BCUT2D eigenvalue weighted by atomic mass is 10.1. The van der Waals surface area contributed by atoms with Gasteiger partial charge in [-0.25, -0.2) is 4.98 Å². The Kier molecular flexibility index (Phi) is 2.75. The van der Waals surface area contributed by atoms with Crippen LogP contribution in [0.15, 0.2) is 0 Å². The molecule has 1 aromatic rings. The molecule has 0 aromatic carbocycles. The summed E-state index contributed by atoms with van der Waals surface area (Å²) in [6.45, 7) is 7.51. The Balaban J connectivity index is 2.29. The number of thiazole rings is 1. The van der Waals surface area contributed by atoms with Crippen LogP contribution in [-0.4, -0.2) is 25.6 Å². The Morgan fingerprint density at radius 2 is 2.06 bits per heavy atom. The summed E-state index contributed by atoms with van der Waals surface area (Å²) in [5, 5.41) is 1.10. The van der Waals surface area contributed by atoms with Gasteiger partial charge in [-0.05, 0) is 24.8 Å². The summed E-state index contributed by atoms with van der Waals surface area (Å²) in [5.41, 5.74) is 7.37. The first-order chi connectivity index (χ1) is 7.39. The van der Waals surface area contributed by atoms with Crippen molar-refractivity contribution in [2.75, 3.05) is 25.5 Å². The van der Waals surface area contributed by atoms with E-state index >= 15 is 0 Å². The Morgan fingerprint density at radius 3 is 2.44 bits per heavy atom. The Bertz CT molecular complexity index is 395. The normalized spacial score (nSPS) is 26.9. The number of aryl methyl sites for hydroxylation is 1. The zero-order valence-corrected chi connectivity index (χ0v) is 11.6. The predicted octanol–water partition coefficient (Wildman–Crippen LogP) is 2.22. The minimum Gasteiger partial charge on any atom is -0.354 e. The van der Waals surface area contributed by atoms with E-state index in [2.05, 4.69) is 30.7 Å². The van der Waals surface area contributed by atoms with Crippen LogP contribution in [0.2, 0.25) is 0 Å². The number of hydrogen-bond donors (Lipinski definition) is 1. The van der Waals surface area contributed by atoms with Crippen LogP contribution < -0.4 is 10.6 Å². The van der Waals surface area contributed by atoms with E-state index in [0.717, 1.165) is 11.7 Å². The van der Waals surface area contributed by atoms with Crippen molar-refractivity contribution in [3.8, 4) is 0 Å². The zero-order valence-electron chi connectivity index (χ0n) is 10.7. The maximum atomic E-state index is 5.83. The van der Waals surface area contributed by atoms with E-state index < -0.39 is 0 Å². The minimum atomic E-state index is 0.357. The Hall–Kier alpha value is -0.610. The van der Waals surface area contributed by atoms with Gasteiger partial charge in [0.25, 0.3) is 0 Å². The lowest BCUT2D eigenvalue weighted by Gasteiger charge is -2.05. The molecule has 1 aromatic heterocycles. The van der Waals surface area contributed by atoms with Gasteiger partial charge in [0.05, 0.1) is 5.69 Å². The van der Waals surface area contributed by atoms with Crippen LogP contribution in [0.25, 0.3) is 0 Å². The van der Waals surface area contributed by atoms with E-state index in [9.17, 15) is 0 Å². The van der Waals surface area contributed by atoms with E-state index in [0.29, 0.717) is 17.3 Å². The number of aromatic nitrogens is 1. The van der Waals surface area contributed by atoms with Crippen LogP contribution in [0, 0.1) is 18.3 Å². The van der Waals surface area contributed by atoms with Gasteiger partial charge in [-0.3, -0.25) is 0 Å². The van der Waals surface area contributed by atoms with E-state index in [1.807, 2.05) is 25.4 Å². The molecule has 2 N–H and O–H groups in total. The van der Waals surface area contributed by atoms with Crippen LogP contribution in [0.1, 0.15) is 30.3 Å². The molecule has 0 aliphatic heterocycles. The molecule has 1 aliphatic carbocycles. The van der Waals surface area contributed by atoms with Crippen LogP contribution in [0.5, 0.6) is 0 Å². The molecule has 1 aliphatic rings. The van der Waals surface area contributed by atoms with Crippen molar-refractivity contribution in [1.29, 1.82) is 0 Å². The third kappa shape index (κ3) is 1.64. The second kappa shape index (κ2) is 3.70. The number of rotatable bonds is 3. The SMILES string of the molecule is Cc1nc(N(C)C)sc1C1C(CN)C1(C)C. The second-order valence-corrected chi connectivity index (χ2v) is 6.49. The van der Waals surface area contributed by atoms with Crippen LogP contribution in [0.3, 0.4) is 0 Å². The first-order valence-corrected chi connectivity index (χ1v) is 6.56. The van der Waals surface area contributed by atoms with Gasteiger partial charge >= 0.3 is 0 Å². The summed E-state index contributed by atoms with van der Waals surface area (Å²) in [6, 6.07) is 0. The van der Waals surface area contributed by atoms with Crippen LogP contribution in [0.4, 0.5) is 5.13 Å². The highest BCUT2D eigenvalue weighted by Gasteiger charge is 2.58. The van der Waals surface area contributed by atoms with E-state index in [4.69, 9.17) is 5.73 Å². The minimum absolute atomic E-state index is 0.357. The molecule has 0 saturated heterocycles. The van der Waals surface area contributed by atoms with Crippen molar-refractivity contribution in [3.05, 3.63) is 10.6 Å². The molecule has 2 atom stereocenters. The second-order valence-electron chi connectivity index (χ2n) is 5.48. The molecule has 1 saturated carbocycles. The first kappa shape index (κ1) is 11.9. The molecule has 0 radical (unpaired) electrons. The third-order valence-electron chi connectivity index (χ3n) is 3.79. The average Bonchev–Trinajstić information content (AvgIpc) is 2.53. The maximum absolute atomic E-state index is 5.83. The molecule has 0 bridgehead atoms. The fourth-order valence-electron chi connectivity index (χ4n) is 2.58.